The Labute approximate surface area is 192 Å². The van der Waals surface area contributed by atoms with Crippen LogP contribution in [0.25, 0.3) is 0 Å². The Morgan fingerprint density at radius 2 is 1.79 bits per heavy atom. The van der Waals surface area contributed by atoms with Gasteiger partial charge in [0.2, 0.25) is 11.8 Å². The number of primary amides is 1. The van der Waals surface area contributed by atoms with Crippen molar-refractivity contribution in [2.45, 2.75) is 38.4 Å². The molecular formula is C17H19Cl4N5O2S. The van der Waals surface area contributed by atoms with Crippen LogP contribution in [0.1, 0.15) is 26.1 Å². The van der Waals surface area contributed by atoms with Crippen LogP contribution in [-0.2, 0) is 22.6 Å². The van der Waals surface area contributed by atoms with Gasteiger partial charge in [0.1, 0.15) is 5.82 Å². The first-order chi connectivity index (χ1) is 13.6. The molecule has 158 valence electrons. The lowest BCUT2D eigenvalue weighted by Crippen LogP contribution is -2.17. The monoisotopic (exact) mass is 497 g/mol. The Balaban J connectivity index is 2.11. The molecule has 0 aliphatic carbocycles. The quantitative estimate of drug-likeness (QED) is 0.385. The Kier molecular flexibility index (Phi) is 8.91. The van der Waals surface area contributed by atoms with Crippen LogP contribution < -0.4 is 11.1 Å². The van der Waals surface area contributed by atoms with E-state index in [1.807, 2.05) is 18.4 Å². The molecule has 0 bridgehead atoms. The van der Waals surface area contributed by atoms with Gasteiger partial charge in [0.05, 0.1) is 31.5 Å². The van der Waals surface area contributed by atoms with Gasteiger partial charge in [-0.2, -0.15) is 0 Å². The number of aromatic nitrogens is 3. The van der Waals surface area contributed by atoms with Gasteiger partial charge < -0.3 is 15.6 Å². The summed E-state index contributed by atoms with van der Waals surface area (Å²) < 4.78 is 1.89. The summed E-state index contributed by atoms with van der Waals surface area (Å²) in [5.41, 5.74) is 5.38. The van der Waals surface area contributed by atoms with Crippen molar-refractivity contribution in [2.75, 3.05) is 11.1 Å². The molecule has 12 heteroatoms. The molecule has 2 amide bonds. The molecule has 2 rings (SSSR count). The average molecular weight is 499 g/mol. The number of benzene rings is 1. The molecule has 0 saturated carbocycles. The Morgan fingerprint density at radius 3 is 2.34 bits per heavy atom. The number of halogens is 4. The second kappa shape index (κ2) is 10.7. The smallest absolute Gasteiger partial charge is 0.234 e. The summed E-state index contributed by atoms with van der Waals surface area (Å²) in [5.74, 6) is 0.218. The summed E-state index contributed by atoms with van der Waals surface area (Å²) in [6.45, 7) is 4.74. The molecule has 29 heavy (non-hydrogen) atoms. The van der Waals surface area contributed by atoms with Gasteiger partial charge in [-0.3, -0.25) is 9.59 Å². The molecule has 0 radical (unpaired) electrons. The number of nitrogens with zero attached hydrogens (tertiary/aromatic N) is 3. The number of hydrogen-bond acceptors (Lipinski definition) is 5. The highest BCUT2D eigenvalue weighted by Gasteiger charge is 2.19. The van der Waals surface area contributed by atoms with Crippen LogP contribution in [-0.4, -0.2) is 32.3 Å². The van der Waals surface area contributed by atoms with E-state index in [1.165, 1.54) is 17.8 Å². The predicted octanol–water partition coefficient (Wildman–Crippen LogP) is 4.70. The van der Waals surface area contributed by atoms with Gasteiger partial charge in [-0.05, 0) is 12.0 Å². The van der Waals surface area contributed by atoms with Crippen LogP contribution >= 0.6 is 58.2 Å². The molecule has 1 aromatic heterocycles. The number of aryl methyl sites for hydroxylation is 1. The van der Waals surface area contributed by atoms with Gasteiger partial charge in [-0.15, -0.1) is 10.2 Å². The van der Waals surface area contributed by atoms with Crippen molar-refractivity contribution in [3.05, 3.63) is 32.0 Å². The third-order valence-corrected chi connectivity index (χ3v) is 6.19. The fourth-order valence-corrected chi connectivity index (χ4v) is 4.05. The summed E-state index contributed by atoms with van der Waals surface area (Å²) in [7, 11) is 0. The Hall–Kier alpha value is -1.19. The van der Waals surface area contributed by atoms with E-state index < -0.39 is 5.91 Å². The molecule has 1 aromatic carbocycles. The zero-order chi connectivity index (χ0) is 21.7. The number of hydrogen-bond donors (Lipinski definition) is 2. The summed E-state index contributed by atoms with van der Waals surface area (Å²) in [4.78, 5) is 23.5. The molecule has 3 N–H and O–H groups in total. The normalized spacial score (nSPS) is 11.1. The lowest BCUT2D eigenvalue weighted by atomic mass is 10.2. The summed E-state index contributed by atoms with van der Waals surface area (Å²) in [5, 5.41) is 12.0. The van der Waals surface area contributed by atoms with E-state index in [1.54, 1.807) is 0 Å². The Bertz CT molecular complexity index is 893. The van der Waals surface area contributed by atoms with Crippen molar-refractivity contribution < 1.29 is 9.59 Å². The van der Waals surface area contributed by atoms with E-state index in [4.69, 9.17) is 52.1 Å². The number of rotatable bonds is 9. The van der Waals surface area contributed by atoms with E-state index >= 15 is 0 Å². The fraction of sp³-hybridized carbons (Fsp3) is 0.412. The van der Waals surface area contributed by atoms with Crippen LogP contribution in [0.15, 0.2) is 11.2 Å². The Morgan fingerprint density at radius 1 is 1.17 bits per heavy atom. The highest BCUT2D eigenvalue weighted by molar-refractivity contribution is 7.99. The van der Waals surface area contributed by atoms with Crippen LogP contribution in [0.2, 0.25) is 20.1 Å². The topological polar surface area (TPSA) is 103 Å². The predicted molar refractivity (Wildman–Crippen MR) is 118 cm³/mol. The lowest BCUT2D eigenvalue weighted by molar-refractivity contribution is -0.118. The first-order valence-corrected chi connectivity index (χ1v) is 11.1. The standard InChI is InChI=1S/C17H19Cl4N5O2S/c1-8(2)6-26-12(4-3-11(22)27)24-25-17(26)29-7-13(28)23-16-14(20)9(18)5-10(19)15(16)21/h5,8H,3-4,6-7H2,1-2H3,(H2,22,27)(H,23,28). The second-order valence-electron chi connectivity index (χ2n) is 6.55. The fourth-order valence-electron chi connectivity index (χ4n) is 2.38. The van der Waals surface area contributed by atoms with Gasteiger partial charge in [0.15, 0.2) is 5.16 Å². The van der Waals surface area contributed by atoms with Gasteiger partial charge in [0.25, 0.3) is 0 Å². The minimum absolute atomic E-state index is 0.0306. The van der Waals surface area contributed by atoms with E-state index in [2.05, 4.69) is 15.5 Å². The number of nitrogens with one attached hydrogen (secondary N) is 1. The number of amides is 2. The molecule has 0 aliphatic rings. The number of nitrogens with two attached hydrogens (primary N) is 1. The van der Waals surface area contributed by atoms with Gasteiger partial charge in [-0.25, -0.2) is 0 Å². The number of anilines is 1. The van der Waals surface area contributed by atoms with Crippen molar-refractivity contribution >= 4 is 75.7 Å². The van der Waals surface area contributed by atoms with Crippen molar-refractivity contribution in [2.24, 2.45) is 11.7 Å². The van der Waals surface area contributed by atoms with Crippen molar-refractivity contribution in [3.63, 3.8) is 0 Å². The molecule has 0 spiro atoms. The van der Waals surface area contributed by atoms with Gasteiger partial charge in [0, 0.05) is 19.4 Å². The summed E-state index contributed by atoms with van der Waals surface area (Å²) >= 11 is 25.4. The third kappa shape index (κ3) is 6.65. The number of carbonyl (C=O) groups is 2. The van der Waals surface area contributed by atoms with Gasteiger partial charge in [-0.1, -0.05) is 72.0 Å². The SMILES string of the molecule is CC(C)Cn1c(CCC(N)=O)nnc1SCC(=O)Nc1c(Cl)c(Cl)cc(Cl)c1Cl. The first kappa shape index (κ1) is 24.1. The molecular weight excluding hydrogens is 480 g/mol. The zero-order valence-corrected chi connectivity index (χ0v) is 19.5. The van der Waals surface area contributed by atoms with Crippen molar-refractivity contribution in [1.82, 2.24) is 14.8 Å². The van der Waals surface area contributed by atoms with E-state index in [0.29, 0.717) is 29.9 Å². The molecule has 2 aromatic rings. The highest BCUT2D eigenvalue weighted by Crippen LogP contribution is 2.41. The molecule has 0 aliphatic heterocycles. The maximum Gasteiger partial charge on any atom is 0.234 e. The maximum absolute atomic E-state index is 12.4. The van der Waals surface area contributed by atoms with E-state index in [-0.39, 0.29) is 43.9 Å². The third-order valence-electron chi connectivity index (χ3n) is 3.64. The molecule has 0 unspecified atom stereocenters. The zero-order valence-electron chi connectivity index (χ0n) is 15.6. The van der Waals surface area contributed by atoms with E-state index in [0.717, 1.165) is 0 Å². The maximum atomic E-state index is 12.4. The van der Waals surface area contributed by atoms with Crippen LogP contribution in [0.3, 0.4) is 0 Å². The highest BCUT2D eigenvalue weighted by atomic mass is 35.5. The molecule has 0 atom stereocenters. The average Bonchev–Trinajstić information content (AvgIpc) is 3.01. The number of thioether (sulfide) groups is 1. The van der Waals surface area contributed by atoms with Crippen molar-refractivity contribution in [3.8, 4) is 0 Å². The molecule has 1 heterocycles. The minimum Gasteiger partial charge on any atom is -0.370 e. The molecule has 0 fully saturated rings. The molecule has 0 saturated heterocycles. The largest absolute Gasteiger partial charge is 0.370 e. The molecule has 7 nitrogen and oxygen atoms in total. The van der Waals surface area contributed by atoms with Crippen LogP contribution in [0.5, 0.6) is 0 Å². The first-order valence-electron chi connectivity index (χ1n) is 8.56. The van der Waals surface area contributed by atoms with E-state index in [9.17, 15) is 9.59 Å². The summed E-state index contributed by atoms with van der Waals surface area (Å²) in [6, 6.07) is 1.40. The van der Waals surface area contributed by atoms with Crippen LogP contribution in [0.4, 0.5) is 5.69 Å². The van der Waals surface area contributed by atoms with Crippen molar-refractivity contribution in [1.29, 1.82) is 0 Å². The number of carbonyl (C=O) groups excluding carboxylic acids is 2. The summed E-state index contributed by atoms with van der Waals surface area (Å²) in [6.07, 6.45) is 0.557. The minimum atomic E-state index is -0.411. The lowest BCUT2D eigenvalue weighted by Gasteiger charge is -2.13. The second-order valence-corrected chi connectivity index (χ2v) is 9.06. The van der Waals surface area contributed by atoms with Gasteiger partial charge >= 0.3 is 0 Å². The van der Waals surface area contributed by atoms with Crippen LogP contribution in [0, 0.1) is 5.92 Å².